The summed E-state index contributed by atoms with van der Waals surface area (Å²) in [6.45, 7) is 0.705. The molecule has 1 aliphatic heterocycles. The van der Waals surface area contributed by atoms with Gasteiger partial charge in [0.25, 0.3) is 0 Å². The number of benzene rings is 2. The van der Waals surface area contributed by atoms with Gasteiger partial charge in [-0.15, -0.1) is 0 Å². The van der Waals surface area contributed by atoms with Crippen molar-refractivity contribution in [3.05, 3.63) is 65.0 Å². The van der Waals surface area contributed by atoms with Crippen molar-refractivity contribution in [1.29, 1.82) is 0 Å². The van der Waals surface area contributed by atoms with Crippen molar-refractivity contribution in [2.24, 2.45) is 4.99 Å². The Morgan fingerprint density at radius 2 is 1.83 bits per heavy atom. The molecule has 3 rings (SSSR count). The third-order valence-corrected chi connectivity index (χ3v) is 3.16. The Kier molecular flexibility index (Phi) is 2.59. The Bertz CT molecular complexity index is 615. The first-order valence-corrected chi connectivity index (χ1v) is 5.93. The number of hydrogen-bond acceptors (Lipinski definition) is 2. The van der Waals surface area contributed by atoms with Gasteiger partial charge in [0.05, 0.1) is 5.71 Å². The van der Waals surface area contributed by atoms with Crippen LogP contribution in [0.4, 0.5) is 10.1 Å². The van der Waals surface area contributed by atoms with E-state index in [1.165, 1.54) is 6.07 Å². The Hall–Kier alpha value is -2.16. The molecule has 1 heterocycles. The van der Waals surface area contributed by atoms with Crippen LogP contribution >= 0.6 is 0 Å². The van der Waals surface area contributed by atoms with E-state index in [2.05, 4.69) is 4.99 Å². The zero-order valence-electron chi connectivity index (χ0n) is 9.86. The number of nitrogen functional groups attached to an aromatic ring is 1. The van der Waals surface area contributed by atoms with Gasteiger partial charge in [-0.2, -0.15) is 0 Å². The molecule has 90 valence electrons. The summed E-state index contributed by atoms with van der Waals surface area (Å²) in [5.74, 6) is -0.188. The second-order valence-electron chi connectivity index (χ2n) is 4.40. The molecule has 0 unspecified atom stereocenters. The van der Waals surface area contributed by atoms with Gasteiger partial charge in [0, 0.05) is 23.4 Å². The minimum absolute atomic E-state index is 0.188. The molecule has 3 heteroatoms. The van der Waals surface area contributed by atoms with Crippen LogP contribution in [0.2, 0.25) is 0 Å². The molecule has 0 bridgehead atoms. The molecule has 0 saturated carbocycles. The fourth-order valence-electron chi connectivity index (χ4n) is 2.26. The van der Waals surface area contributed by atoms with E-state index >= 15 is 0 Å². The topological polar surface area (TPSA) is 38.4 Å². The molecule has 0 aliphatic carbocycles. The molecule has 2 aromatic rings. The van der Waals surface area contributed by atoms with Crippen molar-refractivity contribution in [2.45, 2.75) is 6.42 Å². The van der Waals surface area contributed by atoms with Crippen LogP contribution in [-0.4, -0.2) is 12.3 Å². The molecular weight excluding hydrogens is 227 g/mol. The molecule has 0 amide bonds. The van der Waals surface area contributed by atoms with Gasteiger partial charge in [0.15, 0.2) is 0 Å². The first-order valence-electron chi connectivity index (χ1n) is 5.93. The lowest BCUT2D eigenvalue weighted by atomic mass is 9.93. The number of rotatable bonds is 1. The zero-order chi connectivity index (χ0) is 12.5. The van der Waals surface area contributed by atoms with E-state index in [1.807, 2.05) is 24.3 Å². The SMILES string of the molecule is Nc1ccc(C2=NCCc3cc(F)ccc32)cc1. The molecule has 2 N–H and O–H groups in total. The normalized spacial score (nSPS) is 13.9. The summed E-state index contributed by atoms with van der Waals surface area (Å²) in [6.07, 6.45) is 0.797. The van der Waals surface area contributed by atoms with Crippen LogP contribution in [0, 0.1) is 5.82 Å². The van der Waals surface area contributed by atoms with Crippen LogP contribution in [0.15, 0.2) is 47.5 Å². The van der Waals surface area contributed by atoms with Gasteiger partial charge in [0.1, 0.15) is 5.82 Å². The van der Waals surface area contributed by atoms with Crippen molar-refractivity contribution in [3.8, 4) is 0 Å². The van der Waals surface area contributed by atoms with Crippen LogP contribution in [0.5, 0.6) is 0 Å². The Morgan fingerprint density at radius 1 is 1.06 bits per heavy atom. The monoisotopic (exact) mass is 240 g/mol. The lowest BCUT2D eigenvalue weighted by molar-refractivity contribution is 0.625. The van der Waals surface area contributed by atoms with Gasteiger partial charge in [-0.1, -0.05) is 12.1 Å². The highest BCUT2D eigenvalue weighted by atomic mass is 19.1. The van der Waals surface area contributed by atoms with Gasteiger partial charge >= 0.3 is 0 Å². The van der Waals surface area contributed by atoms with Crippen LogP contribution < -0.4 is 5.73 Å². The van der Waals surface area contributed by atoms with E-state index in [9.17, 15) is 4.39 Å². The van der Waals surface area contributed by atoms with Gasteiger partial charge in [-0.05, 0) is 42.3 Å². The first-order chi connectivity index (χ1) is 8.74. The van der Waals surface area contributed by atoms with Gasteiger partial charge in [0.2, 0.25) is 0 Å². The third-order valence-electron chi connectivity index (χ3n) is 3.16. The van der Waals surface area contributed by atoms with E-state index in [1.54, 1.807) is 12.1 Å². The Labute approximate surface area is 105 Å². The Balaban J connectivity index is 2.09. The average Bonchev–Trinajstić information content (AvgIpc) is 2.38. The summed E-state index contributed by atoms with van der Waals surface area (Å²) in [5.41, 5.74) is 10.4. The van der Waals surface area contributed by atoms with E-state index < -0.39 is 0 Å². The predicted octanol–water partition coefficient (Wildman–Crippen LogP) is 2.80. The maximum Gasteiger partial charge on any atom is 0.123 e. The van der Waals surface area contributed by atoms with Crippen molar-refractivity contribution in [2.75, 3.05) is 12.3 Å². The summed E-state index contributed by atoms with van der Waals surface area (Å²) in [7, 11) is 0. The van der Waals surface area contributed by atoms with Crippen LogP contribution in [0.1, 0.15) is 16.7 Å². The number of halogens is 1. The summed E-state index contributed by atoms with van der Waals surface area (Å²) in [5, 5.41) is 0. The molecule has 0 fully saturated rings. The van der Waals surface area contributed by atoms with Crippen LogP contribution in [0.25, 0.3) is 0 Å². The number of hydrogen-bond donors (Lipinski definition) is 1. The molecule has 2 nitrogen and oxygen atoms in total. The number of anilines is 1. The maximum absolute atomic E-state index is 13.2. The summed E-state index contributed by atoms with van der Waals surface area (Å²) in [6, 6.07) is 12.5. The molecule has 2 aromatic carbocycles. The molecule has 0 radical (unpaired) electrons. The number of nitrogens with two attached hydrogens (primary N) is 1. The molecule has 0 saturated heterocycles. The summed E-state index contributed by atoms with van der Waals surface area (Å²) >= 11 is 0. The second-order valence-corrected chi connectivity index (χ2v) is 4.40. The first kappa shape index (κ1) is 11.0. The second kappa shape index (κ2) is 4.26. The van der Waals surface area contributed by atoms with Crippen molar-refractivity contribution < 1.29 is 4.39 Å². The minimum atomic E-state index is -0.188. The third kappa shape index (κ3) is 1.88. The van der Waals surface area contributed by atoms with Crippen molar-refractivity contribution >= 4 is 11.4 Å². The van der Waals surface area contributed by atoms with Gasteiger partial charge < -0.3 is 5.73 Å². The Morgan fingerprint density at radius 3 is 2.61 bits per heavy atom. The van der Waals surface area contributed by atoms with Crippen LogP contribution in [0.3, 0.4) is 0 Å². The molecular formula is C15H13FN2. The van der Waals surface area contributed by atoms with Gasteiger partial charge in [-0.25, -0.2) is 4.39 Å². The highest BCUT2D eigenvalue weighted by Gasteiger charge is 2.15. The number of fused-ring (bicyclic) bond motifs is 1. The van der Waals surface area contributed by atoms with E-state index in [-0.39, 0.29) is 5.82 Å². The standard InChI is InChI=1S/C15H13FN2/c16-12-3-6-14-11(9-12)7-8-18-15(14)10-1-4-13(17)5-2-10/h1-6,9H,7-8,17H2. The predicted molar refractivity (Wildman–Crippen MR) is 71.5 cm³/mol. The van der Waals surface area contributed by atoms with E-state index in [0.717, 1.165) is 34.5 Å². The largest absolute Gasteiger partial charge is 0.399 e. The molecule has 0 spiro atoms. The zero-order valence-corrected chi connectivity index (χ0v) is 9.86. The fraction of sp³-hybridized carbons (Fsp3) is 0.133. The van der Waals surface area contributed by atoms with E-state index in [4.69, 9.17) is 5.73 Å². The maximum atomic E-state index is 13.2. The minimum Gasteiger partial charge on any atom is -0.399 e. The molecule has 18 heavy (non-hydrogen) atoms. The van der Waals surface area contributed by atoms with Crippen molar-refractivity contribution in [1.82, 2.24) is 0 Å². The summed E-state index contributed by atoms with van der Waals surface area (Å²) in [4.78, 5) is 4.55. The number of nitrogens with zero attached hydrogens (tertiary/aromatic N) is 1. The quantitative estimate of drug-likeness (QED) is 0.765. The molecule has 1 aliphatic rings. The summed E-state index contributed by atoms with van der Waals surface area (Å²) < 4.78 is 13.2. The van der Waals surface area contributed by atoms with Crippen molar-refractivity contribution in [3.63, 3.8) is 0 Å². The lowest BCUT2D eigenvalue weighted by Crippen LogP contribution is -2.14. The highest BCUT2D eigenvalue weighted by molar-refractivity contribution is 6.14. The number of aliphatic imine (C=N–C) groups is 1. The molecule has 0 atom stereocenters. The fourth-order valence-corrected chi connectivity index (χ4v) is 2.26. The smallest absolute Gasteiger partial charge is 0.123 e. The lowest BCUT2D eigenvalue weighted by Gasteiger charge is -2.17. The van der Waals surface area contributed by atoms with E-state index in [0.29, 0.717) is 6.54 Å². The highest BCUT2D eigenvalue weighted by Crippen LogP contribution is 2.22. The van der Waals surface area contributed by atoms with Gasteiger partial charge in [-0.3, -0.25) is 4.99 Å². The average molecular weight is 240 g/mol. The molecule has 0 aromatic heterocycles. The van der Waals surface area contributed by atoms with Crippen LogP contribution in [-0.2, 0) is 6.42 Å².